The van der Waals surface area contributed by atoms with Crippen LogP contribution in [0.15, 0.2) is 22.7 Å². The molecule has 21 heavy (non-hydrogen) atoms. The summed E-state index contributed by atoms with van der Waals surface area (Å²) in [6, 6.07) is 4.80. The Labute approximate surface area is 127 Å². The molecule has 0 saturated carbocycles. The summed E-state index contributed by atoms with van der Waals surface area (Å²) in [7, 11) is 0. The molecule has 1 aliphatic rings. The highest BCUT2D eigenvalue weighted by Gasteiger charge is 2.26. The van der Waals surface area contributed by atoms with Gasteiger partial charge in [0.25, 0.3) is 0 Å². The molecule has 1 atom stereocenters. The second kappa shape index (κ2) is 6.12. The highest BCUT2D eigenvalue weighted by Crippen LogP contribution is 2.28. The van der Waals surface area contributed by atoms with Crippen LogP contribution in [-0.4, -0.2) is 28.1 Å². The minimum absolute atomic E-state index is 0.213. The zero-order chi connectivity index (χ0) is 14.8. The van der Waals surface area contributed by atoms with Crippen LogP contribution in [0.2, 0.25) is 5.02 Å². The standard InChI is InChI=1S/C15H17ClFN3O/c1-10-18-15(21-19-10)11-4-3-7-20(8-11)9-12-13(16)5-2-6-14(12)17/h2,5-6,11H,3-4,7-9H2,1H3. The summed E-state index contributed by atoms with van der Waals surface area (Å²) in [5, 5.41) is 4.32. The molecule has 0 radical (unpaired) electrons. The van der Waals surface area contributed by atoms with Crippen LogP contribution >= 0.6 is 11.6 Å². The first-order valence-corrected chi connectivity index (χ1v) is 7.46. The van der Waals surface area contributed by atoms with Crippen molar-refractivity contribution in [1.29, 1.82) is 0 Å². The van der Waals surface area contributed by atoms with E-state index in [2.05, 4.69) is 15.0 Å². The zero-order valence-corrected chi connectivity index (χ0v) is 12.6. The summed E-state index contributed by atoms with van der Waals surface area (Å²) in [6.07, 6.45) is 2.04. The van der Waals surface area contributed by atoms with Gasteiger partial charge in [-0.05, 0) is 38.4 Å². The highest BCUT2D eigenvalue weighted by molar-refractivity contribution is 6.31. The normalized spacial score (nSPS) is 19.9. The number of hydrogen-bond donors (Lipinski definition) is 0. The van der Waals surface area contributed by atoms with Crippen LogP contribution in [0, 0.1) is 12.7 Å². The van der Waals surface area contributed by atoms with Gasteiger partial charge in [0.1, 0.15) is 5.82 Å². The van der Waals surface area contributed by atoms with Crippen molar-refractivity contribution in [3.63, 3.8) is 0 Å². The summed E-state index contributed by atoms with van der Waals surface area (Å²) in [5.41, 5.74) is 0.557. The molecule has 0 N–H and O–H groups in total. The molecule has 1 aromatic carbocycles. The largest absolute Gasteiger partial charge is 0.339 e. The predicted molar refractivity (Wildman–Crippen MR) is 77.7 cm³/mol. The highest BCUT2D eigenvalue weighted by atomic mass is 35.5. The Balaban J connectivity index is 1.72. The molecule has 0 spiro atoms. The van der Waals surface area contributed by atoms with Gasteiger partial charge in [-0.3, -0.25) is 4.90 Å². The number of nitrogens with zero attached hydrogens (tertiary/aromatic N) is 3. The van der Waals surface area contributed by atoms with Gasteiger partial charge in [-0.15, -0.1) is 0 Å². The van der Waals surface area contributed by atoms with Gasteiger partial charge in [-0.2, -0.15) is 4.98 Å². The topological polar surface area (TPSA) is 42.2 Å². The molecule has 112 valence electrons. The third kappa shape index (κ3) is 3.24. The first-order valence-electron chi connectivity index (χ1n) is 7.09. The number of halogens is 2. The lowest BCUT2D eigenvalue weighted by molar-refractivity contribution is 0.178. The van der Waals surface area contributed by atoms with E-state index >= 15 is 0 Å². The van der Waals surface area contributed by atoms with Crippen LogP contribution in [0.1, 0.15) is 36.0 Å². The predicted octanol–water partition coefficient (Wildman–Crippen LogP) is 3.55. The lowest BCUT2D eigenvalue weighted by Gasteiger charge is -2.31. The van der Waals surface area contributed by atoms with E-state index in [1.165, 1.54) is 6.07 Å². The molecule has 3 rings (SSSR count). The summed E-state index contributed by atoms with van der Waals surface area (Å²) in [6.45, 7) is 4.03. The fourth-order valence-corrected chi connectivity index (χ4v) is 3.01. The molecular formula is C15H17ClFN3O. The van der Waals surface area contributed by atoms with E-state index in [1.54, 1.807) is 12.1 Å². The van der Waals surface area contributed by atoms with E-state index in [0.717, 1.165) is 25.9 Å². The molecule has 1 unspecified atom stereocenters. The van der Waals surface area contributed by atoms with Crippen molar-refractivity contribution in [3.05, 3.63) is 46.3 Å². The molecule has 1 saturated heterocycles. The average molecular weight is 310 g/mol. The molecule has 1 fully saturated rings. The van der Waals surface area contributed by atoms with Gasteiger partial charge in [0.05, 0.1) is 5.92 Å². The number of aromatic nitrogens is 2. The number of benzene rings is 1. The van der Waals surface area contributed by atoms with Gasteiger partial charge in [-0.1, -0.05) is 22.8 Å². The smallest absolute Gasteiger partial charge is 0.231 e. The average Bonchev–Trinajstić information content (AvgIpc) is 2.90. The maximum atomic E-state index is 13.9. The van der Waals surface area contributed by atoms with Crippen molar-refractivity contribution in [2.45, 2.75) is 32.2 Å². The van der Waals surface area contributed by atoms with Crippen molar-refractivity contribution >= 4 is 11.6 Å². The number of likely N-dealkylation sites (tertiary alicyclic amines) is 1. The number of piperidine rings is 1. The second-order valence-corrected chi connectivity index (χ2v) is 5.86. The Hall–Kier alpha value is -1.46. The molecule has 2 heterocycles. The Bertz CT molecular complexity index is 611. The Morgan fingerprint density at radius 3 is 3.05 bits per heavy atom. The SMILES string of the molecule is Cc1noc(C2CCCN(Cc3c(F)cccc3Cl)C2)n1. The van der Waals surface area contributed by atoms with Gasteiger partial charge in [0.2, 0.25) is 5.89 Å². The van der Waals surface area contributed by atoms with Gasteiger partial charge in [-0.25, -0.2) is 4.39 Å². The fourth-order valence-electron chi connectivity index (χ4n) is 2.79. The first-order chi connectivity index (χ1) is 10.1. The van der Waals surface area contributed by atoms with E-state index in [0.29, 0.717) is 28.8 Å². The summed E-state index contributed by atoms with van der Waals surface area (Å²) in [5.74, 6) is 1.29. The Morgan fingerprint density at radius 1 is 1.48 bits per heavy atom. The molecule has 0 amide bonds. The second-order valence-electron chi connectivity index (χ2n) is 5.45. The Kier molecular flexibility index (Phi) is 4.22. The first kappa shape index (κ1) is 14.5. The third-order valence-corrected chi connectivity index (χ3v) is 4.20. The third-order valence-electron chi connectivity index (χ3n) is 3.84. The van der Waals surface area contributed by atoms with E-state index in [1.807, 2.05) is 6.92 Å². The Morgan fingerprint density at radius 2 is 2.33 bits per heavy atom. The number of hydrogen-bond acceptors (Lipinski definition) is 4. The van der Waals surface area contributed by atoms with Crippen LogP contribution < -0.4 is 0 Å². The molecule has 4 nitrogen and oxygen atoms in total. The molecule has 2 aromatic rings. The van der Waals surface area contributed by atoms with Crippen molar-refractivity contribution in [2.24, 2.45) is 0 Å². The quantitative estimate of drug-likeness (QED) is 0.869. The molecule has 1 aromatic heterocycles. The minimum Gasteiger partial charge on any atom is -0.339 e. The van der Waals surface area contributed by atoms with E-state index in [4.69, 9.17) is 16.1 Å². The van der Waals surface area contributed by atoms with E-state index < -0.39 is 0 Å². The molecular weight excluding hydrogens is 293 g/mol. The van der Waals surface area contributed by atoms with Crippen molar-refractivity contribution in [2.75, 3.05) is 13.1 Å². The van der Waals surface area contributed by atoms with E-state index in [9.17, 15) is 4.39 Å². The molecule has 0 aliphatic carbocycles. The molecule has 1 aliphatic heterocycles. The number of rotatable bonds is 3. The monoisotopic (exact) mass is 309 g/mol. The fraction of sp³-hybridized carbons (Fsp3) is 0.467. The maximum Gasteiger partial charge on any atom is 0.231 e. The summed E-state index contributed by atoms with van der Waals surface area (Å²) < 4.78 is 19.1. The van der Waals surface area contributed by atoms with Crippen LogP contribution in [0.3, 0.4) is 0 Å². The van der Waals surface area contributed by atoms with Crippen LogP contribution in [-0.2, 0) is 6.54 Å². The van der Waals surface area contributed by atoms with E-state index in [-0.39, 0.29) is 11.7 Å². The molecule has 0 bridgehead atoms. The van der Waals surface area contributed by atoms with Crippen molar-refractivity contribution in [1.82, 2.24) is 15.0 Å². The van der Waals surface area contributed by atoms with Crippen LogP contribution in [0.5, 0.6) is 0 Å². The van der Waals surface area contributed by atoms with Gasteiger partial charge < -0.3 is 4.52 Å². The summed E-state index contributed by atoms with van der Waals surface area (Å²) >= 11 is 6.10. The zero-order valence-electron chi connectivity index (χ0n) is 11.9. The summed E-state index contributed by atoms with van der Waals surface area (Å²) in [4.78, 5) is 6.50. The lowest BCUT2D eigenvalue weighted by atomic mass is 9.97. The minimum atomic E-state index is -0.252. The van der Waals surface area contributed by atoms with Crippen molar-refractivity contribution < 1.29 is 8.91 Å². The van der Waals surface area contributed by atoms with Crippen LogP contribution in [0.25, 0.3) is 0 Å². The number of aryl methyl sites for hydroxylation is 1. The van der Waals surface area contributed by atoms with Crippen LogP contribution in [0.4, 0.5) is 4.39 Å². The maximum absolute atomic E-state index is 13.9. The van der Waals surface area contributed by atoms with Gasteiger partial charge >= 0.3 is 0 Å². The van der Waals surface area contributed by atoms with Crippen molar-refractivity contribution in [3.8, 4) is 0 Å². The lowest BCUT2D eigenvalue weighted by Crippen LogP contribution is -2.34. The molecule has 6 heteroatoms. The van der Waals surface area contributed by atoms with Gasteiger partial charge in [0.15, 0.2) is 5.82 Å². The van der Waals surface area contributed by atoms with Gasteiger partial charge in [0, 0.05) is 23.7 Å².